The third kappa shape index (κ3) is 4.49. The minimum absolute atomic E-state index is 0.0506. The average molecular weight is 598 g/mol. The molecule has 0 saturated heterocycles. The second-order valence-corrected chi connectivity index (χ2v) is 13.9. The molecule has 0 spiro atoms. The van der Waals surface area contributed by atoms with Gasteiger partial charge in [0.25, 0.3) is 0 Å². The summed E-state index contributed by atoms with van der Waals surface area (Å²) in [4.78, 5) is 5.28. The maximum atomic E-state index is 6.98. The minimum Gasteiger partial charge on any atom is -0.290 e. The third-order valence-electron chi connectivity index (χ3n) is 10.3. The Labute approximate surface area is 272 Å². The van der Waals surface area contributed by atoms with Crippen LogP contribution in [0.3, 0.4) is 0 Å². The summed E-state index contributed by atoms with van der Waals surface area (Å²) in [6.45, 7) is 10.4. The molecule has 8 rings (SSSR count). The lowest BCUT2D eigenvalue weighted by Crippen LogP contribution is -2.37. The van der Waals surface area contributed by atoms with E-state index in [0.717, 1.165) is 17.0 Å². The molecule has 2 aliphatic rings. The van der Waals surface area contributed by atoms with E-state index in [1.165, 1.54) is 60.8 Å². The van der Waals surface area contributed by atoms with Gasteiger partial charge in [0.15, 0.2) is 0 Å². The largest absolute Gasteiger partial charge is 0.290 e. The number of nitrogens with two attached hydrogens (primary N) is 1. The van der Waals surface area contributed by atoms with Gasteiger partial charge in [-0.05, 0) is 78.5 Å². The van der Waals surface area contributed by atoms with Crippen molar-refractivity contribution in [2.45, 2.75) is 51.6 Å². The Balaban J connectivity index is 1.18. The van der Waals surface area contributed by atoms with Crippen LogP contribution in [0.25, 0.3) is 33.0 Å². The van der Waals surface area contributed by atoms with Crippen molar-refractivity contribution in [2.24, 2.45) is 10.8 Å². The molecule has 0 saturated carbocycles. The van der Waals surface area contributed by atoms with Gasteiger partial charge >= 0.3 is 0 Å². The molecule has 6 aromatic rings. The Morgan fingerprint density at radius 1 is 0.543 bits per heavy atom. The molecule has 46 heavy (non-hydrogen) atoms. The van der Waals surface area contributed by atoms with Gasteiger partial charge < -0.3 is 0 Å². The van der Waals surface area contributed by atoms with Crippen LogP contribution in [0.15, 0.2) is 132 Å². The molecule has 0 bridgehead atoms. The van der Waals surface area contributed by atoms with E-state index in [-0.39, 0.29) is 10.8 Å². The fourth-order valence-electron chi connectivity index (χ4n) is 7.82. The molecule has 0 atom stereocenters. The van der Waals surface area contributed by atoms with Crippen molar-refractivity contribution in [3.05, 3.63) is 166 Å². The maximum absolute atomic E-state index is 6.98. The Bertz CT molecular complexity index is 2190. The van der Waals surface area contributed by atoms with Gasteiger partial charge in [-0.1, -0.05) is 143 Å². The molecule has 6 aromatic carbocycles. The summed E-state index contributed by atoms with van der Waals surface area (Å²) >= 11 is 0. The predicted molar refractivity (Wildman–Crippen MR) is 192 cm³/mol. The molecule has 226 valence electrons. The zero-order valence-electron chi connectivity index (χ0n) is 27.0. The summed E-state index contributed by atoms with van der Waals surface area (Å²) in [5.41, 5.74) is 13.9. The summed E-state index contributed by atoms with van der Waals surface area (Å²) in [5.74, 6) is 7.78. The summed E-state index contributed by atoms with van der Waals surface area (Å²) in [5, 5.41) is 4.27. The van der Waals surface area contributed by atoms with Crippen LogP contribution in [0.4, 0.5) is 0 Å². The minimum atomic E-state index is -0.106. The lowest BCUT2D eigenvalue weighted by Gasteiger charge is -2.25. The fraction of sp³-hybridized carbons (Fsp3) is 0.186. The molecule has 0 aliphatic heterocycles. The second-order valence-electron chi connectivity index (χ2n) is 13.9. The first-order valence-electron chi connectivity index (χ1n) is 16.2. The van der Waals surface area contributed by atoms with Gasteiger partial charge in [0, 0.05) is 16.4 Å². The van der Waals surface area contributed by atoms with Crippen LogP contribution in [-0.4, -0.2) is 10.8 Å². The zero-order valence-corrected chi connectivity index (χ0v) is 27.0. The summed E-state index contributed by atoms with van der Waals surface area (Å²) in [6.07, 6.45) is 0. The van der Waals surface area contributed by atoms with Crippen LogP contribution in [0, 0.1) is 0 Å². The summed E-state index contributed by atoms with van der Waals surface area (Å²) in [7, 11) is 0. The van der Waals surface area contributed by atoms with E-state index >= 15 is 0 Å². The Kier molecular flexibility index (Phi) is 6.53. The SMILES string of the molecule is CC1(C)c2ccccc2-c2ccc(C/N=C(/c3ccc4c(c3)C(C)(C)c3ccccc3-4)N(N)Cc3ccc4ccccc4c3)cc21. The number of hydrogen-bond donors (Lipinski definition) is 1. The van der Waals surface area contributed by atoms with Gasteiger partial charge in [-0.3, -0.25) is 10.0 Å². The number of amidine groups is 1. The van der Waals surface area contributed by atoms with Gasteiger partial charge in [0.05, 0.1) is 13.1 Å². The molecule has 0 fully saturated rings. The van der Waals surface area contributed by atoms with Crippen molar-refractivity contribution >= 4 is 16.6 Å². The van der Waals surface area contributed by atoms with E-state index in [1.54, 1.807) is 0 Å². The molecule has 0 unspecified atom stereocenters. The molecule has 2 aliphatic carbocycles. The number of hydrogen-bond acceptors (Lipinski definition) is 2. The van der Waals surface area contributed by atoms with Crippen LogP contribution in [0.1, 0.15) is 66.6 Å². The Morgan fingerprint density at radius 2 is 1.09 bits per heavy atom. The van der Waals surface area contributed by atoms with E-state index < -0.39 is 0 Å². The number of benzene rings is 6. The van der Waals surface area contributed by atoms with Gasteiger partial charge in [-0.15, -0.1) is 0 Å². The van der Waals surface area contributed by atoms with Crippen molar-refractivity contribution in [3.8, 4) is 22.3 Å². The van der Waals surface area contributed by atoms with Gasteiger partial charge in [-0.2, -0.15) is 0 Å². The monoisotopic (exact) mass is 597 g/mol. The summed E-state index contributed by atoms with van der Waals surface area (Å²) in [6, 6.07) is 46.2. The Morgan fingerprint density at radius 3 is 1.78 bits per heavy atom. The zero-order chi connectivity index (χ0) is 31.6. The smallest absolute Gasteiger partial charge is 0.145 e. The Hall–Kier alpha value is -4.99. The summed E-state index contributed by atoms with van der Waals surface area (Å²) < 4.78 is 0. The predicted octanol–water partition coefficient (Wildman–Crippen LogP) is 9.78. The van der Waals surface area contributed by atoms with Crippen LogP contribution < -0.4 is 5.84 Å². The van der Waals surface area contributed by atoms with Crippen LogP contribution in [-0.2, 0) is 23.9 Å². The molecule has 3 nitrogen and oxygen atoms in total. The van der Waals surface area contributed by atoms with Gasteiger partial charge in [-0.25, -0.2) is 5.84 Å². The van der Waals surface area contributed by atoms with E-state index in [4.69, 9.17) is 10.8 Å². The quantitative estimate of drug-likeness (QED) is 0.0930. The van der Waals surface area contributed by atoms with E-state index in [9.17, 15) is 0 Å². The molecule has 0 radical (unpaired) electrons. The van der Waals surface area contributed by atoms with Crippen LogP contribution in [0.5, 0.6) is 0 Å². The third-order valence-corrected chi connectivity index (χ3v) is 10.3. The van der Waals surface area contributed by atoms with Crippen molar-refractivity contribution in [1.82, 2.24) is 5.01 Å². The first kappa shape index (κ1) is 28.5. The number of aliphatic imine (C=N–C) groups is 1. The molecule has 0 amide bonds. The average Bonchev–Trinajstić information content (AvgIpc) is 3.44. The number of rotatable bonds is 5. The molecule has 0 aromatic heterocycles. The molecular formula is C43H39N3. The lowest BCUT2D eigenvalue weighted by atomic mass is 9.82. The highest BCUT2D eigenvalue weighted by molar-refractivity contribution is 6.00. The molecular weight excluding hydrogens is 558 g/mol. The number of hydrazine groups is 1. The van der Waals surface area contributed by atoms with E-state index in [0.29, 0.717) is 13.1 Å². The highest BCUT2D eigenvalue weighted by Gasteiger charge is 2.36. The number of fused-ring (bicyclic) bond motifs is 7. The highest BCUT2D eigenvalue weighted by Crippen LogP contribution is 2.50. The van der Waals surface area contributed by atoms with Crippen molar-refractivity contribution in [3.63, 3.8) is 0 Å². The van der Waals surface area contributed by atoms with Crippen LogP contribution >= 0.6 is 0 Å². The molecule has 2 N–H and O–H groups in total. The van der Waals surface area contributed by atoms with Crippen molar-refractivity contribution in [1.29, 1.82) is 0 Å². The topological polar surface area (TPSA) is 41.6 Å². The van der Waals surface area contributed by atoms with E-state index in [1.807, 2.05) is 5.01 Å². The fourth-order valence-corrected chi connectivity index (χ4v) is 7.82. The normalized spacial score (nSPS) is 15.3. The van der Waals surface area contributed by atoms with Gasteiger partial charge in [0.2, 0.25) is 0 Å². The standard InChI is InChI=1S/C43H39N3/c1-42(2)37-15-9-7-13-33(37)35-21-18-28(24-39(35)42)26-45-41(46(44)27-29-17-19-30-11-5-6-12-31(30)23-29)32-20-22-36-34-14-8-10-16-38(34)43(3,4)40(36)25-32/h5-25H,26-27,44H2,1-4H3/b45-41-. The second kappa shape index (κ2) is 10.5. The van der Waals surface area contributed by atoms with E-state index in [2.05, 4.69) is 155 Å². The maximum Gasteiger partial charge on any atom is 0.145 e. The first-order chi connectivity index (χ1) is 22.2. The van der Waals surface area contributed by atoms with Crippen molar-refractivity contribution in [2.75, 3.05) is 0 Å². The highest BCUT2D eigenvalue weighted by atomic mass is 15.4. The van der Waals surface area contributed by atoms with Crippen LogP contribution in [0.2, 0.25) is 0 Å². The molecule has 3 heteroatoms. The van der Waals surface area contributed by atoms with Crippen molar-refractivity contribution < 1.29 is 0 Å². The number of nitrogens with zero attached hydrogens (tertiary/aromatic N) is 2. The van der Waals surface area contributed by atoms with Gasteiger partial charge in [0.1, 0.15) is 5.84 Å². The first-order valence-corrected chi connectivity index (χ1v) is 16.2. The lowest BCUT2D eigenvalue weighted by molar-refractivity contribution is 0.433. The molecule has 0 heterocycles.